The molecule has 0 heterocycles. The van der Waals surface area contributed by atoms with E-state index in [0.717, 1.165) is 16.7 Å². The molecule has 3 rings (SSSR count). The van der Waals surface area contributed by atoms with Gasteiger partial charge in [0.25, 0.3) is 11.8 Å². The molecule has 0 radical (unpaired) electrons. The number of carbonyl (C=O) groups excluding carboxylic acids is 2. The van der Waals surface area contributed by atoms with Gasteiger partial charge in [0.15, 0.2) is 6.61 Å². The van der Waals surface area contributed by atoms with E-state index < -0.39 is 11.9 Å². The highest BCUT2D eigenvalue weighted by atomic mass is 19.1. The number of nitrogens with zero attached hydrogens (tertiary/aromatic N) is 1. The van der Waals surface area contributed by atoms with Gasteiger partial charge in [0.2, 0.25) is 0 Å². The normalized spacial score (nSPS) is 11.8. The van der Waals surface area contributed by atoms with Gasteiger partial charge in [-0.2, -0.15) is 5.10 Å². The van der Waals surface area contributed by atoms with Crippen LogP contribution >= 0.6 is 0 Å². The SMILES string of the molecule is Cc1ccccc1OCC(=O)N[C@H](CC(C)C)C(=O)N/N=C\c1ccc(OCc2ccc(F)cc2)cc1. The van der Waals surface area contributed by atoms with Crippen LogP contribution in [-0.4, -0.2) is 30.7 Å². The fourth-order valence-electron chi connectivity index (χ4n) is 3.45. The van der Waals surface area contributed by atoms with Gasteiger partial charge in [0, 0.05) is 0 Å². The minimum atomic E-state index is -0.743. The zero-order valence-electron chi connectivity index (χ0n) is 21.2. The first kappa shape index (κ1) is 27.4. The van der Waals surface area contributed by atoms with E-state index in [4.69, 9.17) is 9.47 Å². The third-order valence-electron chi connectivity index (χ3n) is 5.40. The van der Waals surface area contributed by atoms with E-state index in [1.807, 2.05) is 39.0 Å². The van der Waals surface area contributed by atoms with E-state index in [1.165, 1.54) is 18.3 Å². The largest absolute Gasteiger partial charge is 0.489 e. The van der Waals surface area contributed by atoms with Crippen LogP contribution in [0.15, 0.2) is 77.9 Å². The second-order valence-electron chi connectivity index (χ2n) is 9.02. The molecule has 1 atom stereocenters. The molecule has 0 aliphatic carbocycles. The molecule has 2 amide bonds. The van der Waals surface area contributed by atoms with Crippen molar-refractivity contribution < 1.29 is 23.5 Å². The van der Waals surface area contributed by atoms with Crippen molar-refractivity contribution in [2.75, 3.05) is 6.61 Å². The summed E-state index contributed by atoms with van der Waals surface area (Å²) in [5.74, 6) is 0.374. The van der Waals surface area contributed by atoms with Crippen molar-refractivity contribution in [1.82, 2.24) is 10.7 Å². The minimum Gasteiger partial charge on any atom is -0.489 e. The van der Waals surface area contributed by atoms with E-state index in [9.17, 15) is 14.0 Å². The van der Waals surface area contributed by atoms with Gasteiger partial charge >= 0.3 is 0 Å². The lowest BCUT2D eigenvalue weighted by atomic mass is 10.0. The number of hydrogen-bond donors (Lipinski definition) is 2. The first-order valence-electron chi connectivity index (χ1n) is 12.1. The highest BCUT2D eigenvalue weighted by molar-refractivity contribution is 5.89. The molecule has 3 aromatic carbocycles. The Morgan fingerprint density at radius 1 is 0.973 bits per heavy atom. The van der Waals surface area contributed by atoms with Gasteiger partial charge in [-0.05, 0) is 78.4 Å². The van der Waals surface area contributed by atoms with Crippen LogP contribution in [0.2, 0.25) is 0 Å². The first-order chi connectivity index (χ1) is 17.8. The summed E-state index contributed by atoms with van der Waals surface area (Å²) in [7, 11) is 0. The summed E-state index contributed by atoms with van der Waals surface area (Å²) >= 11 is 0. The summed E-state index contributed by atoms with van der Waals surface area (Å²) in [4.78, 5) is 25.1. The minimum absolute atomic E-state index is 0.180. The predicted molar refractivity (Wildman–Crippen MR) is 141 cm³/mol. The topological polar surface area (TPSA) is 89.0 Å². The van der Waals surface area contributed by atoms with E-state index >= 15 is 0 Å². The van der Waals surface area contributed by atoms with Crippen LogP contribution in [0.4, 0.5) is 4.39 Å². The molecule has 0 bridgehead atoms. The van der Waals surface area contributed by atoms with Gasteiger partial charge in [-0.15, -0.1) is 0 Å². The van der Waals surface area contributed by atoms with Crippen molar-refractivity contribution in [2.45, 2.75) is 39.8 Å². The summed E-state index contributed by atoms with van der Waals surface area (Å²) in [6, 6.07) is 20.0. The lowest BCUT2D eigenvalue weighted by Crippen LogP contribution is -2.47. The molecule has 0 aliphatic rings. The zero-order chi connectivity index (χ0) is 26.6. The Morgan fingerprint density at radius 3 is 2.35 bits per heavy atom. The molecular formula is C29H32FN3O4. The number of hydrogen-bond acceptors (Lipinski definition) is 5. The quantitative estimate of drug-likeness (QED) is 0.274. The molecule has 0 spiro atoms. The fraction of sp³-hybridized carbons (Fsp3) is 0.276. The van der Waals surface area contributed by atoms with Crippen LogP contribution in [-0.2, 0) is 16.2 Å². The maximum Gasteiger partial charge on any atom is 0.262 e. The van der Waals surface area contributed by atoms with Crippen molar-refractivity contribution in [3.05, 3.63) is 95.3 Å². The van der Waals surface area contributed by atoms with Crippen LogP contribution in [0, 0.1) is 18.7 Å². The lowest BCUT2D eigenvalue weighted by Gasteiger charge is -2.19. The van der Waals surface area contributed by atoms with Crippen LogP contribution in [0.25, 0.3) is 0 Å². The van der Waals surface area contributed by atoms with Crippen molar-refractivity contribution >= 4 is 18.0 Å². The third kappa shape index (κ3) is 9.40. The summed E-state index contributed by atoms with van der Waals surface area (Å²) in [6.45, 7) is 5.97. The molecule has 0 unspecified atom stereocenters. The number of hydrazone groups is 1. The van der Waals surface area contributed by atoms with E-state index in [-0.39, 0.29) is 24.2 Å². The van der Waals surface area contributed by atoms with E-state index in [0.29, 0.717) is 24.5 Å². The highest BCUT2D eigenvalue weighted by Gasteiger charge is 2.22. The second kappa shape index (κ2) is 13.8. The molecule has 3 aromatic rings. The number of nitrogens with one attached hydrogen (secondary N) is 2. The number of rotatable bonds is 12. The molecule has 7 nitrogen and oxygen atoms in total. The molecule has 0 fully saturated rings. The number of carbonyl (C=O) groups is 2. The molecule has 2 N–H and O–H groups in total. The van der Waals surface area contributed by atoms with E-state index in [1.54, 1.807) is 42.5 Å². The van der Waals surface area contributed by atoms with Crippen LogP contribution in [0.1, 0.15) is 37.0 Å². The van der Waals surface area contributed by atoms with Gasteiger partial charge in [-0.25, -0.2) is 9.82 Å². The van der Waals surface area contributed by atoms with E-state index in [2.05, 4.69) is 15.8 Å². The van der Waals surface area contributed by atoms with Crippen LogP contribution in [0.3, 0.4) is 0 Å². The number of benzene rings is 3. The molecule has 0 aromatic heterocycles. The summed E-state index contributed by atoms with van der Waals surface area (Å²) < 4.78 is 24.3. The van der Waals surface area contributed by atoms with Crippen molar-refractivity contribution in [3.8, 4) is 11.5 Å². The third-order valence-corrected chi connectivity index (χ3v) is 5.40. The Morgan fingerprint density at radius 2 is 1.68 bits per heavy atom. The molecule has 0 aliphatic heterocycles. The first-order valence-corrected chi connectivity index (χ1v) is 12.1. The lowest BCUT2D eigenvalue weighted by molar-refractivity contribution is -0.130. The van der Waals surface area contributed by atoms with Crippen LogP contribution in [0.5, 0.6) is 11.5 Å². The maximum absolute atomic E-state index is 13.0. The van der Waals surface area contributed by atoms with Gasteiger partial charge in [-0.1, -0.05) is 44.2 Å². The fourth-order valence-corrected chi connectivity index (χ4v) is 3.45. The Hall–Kier alpha value is -4.20. The van der Waals surface area contributed by atoms with Crippen LogP contribution < -0.4 is 20.2 Å². The molecular weight excluding hydrogens is 473 g/mol. The van der Waals surface area contributed by atoms with Gasteiger partial charge < -0.3 is 14.8 Å². The maximum atomic E-state index is 13.0. The Labute approximate surface area is 216 Å². The Balaban J connectivity index is 1.48. The number of para-hydroxylation sites is 1. The number of ether oxygens (including phenoxy) is 2. The highest BCUT2D eigenvalue weighted by Crippen LogP contribution is 2.16. The second-order valence-corrected chi connectivity index (χ2v) is 9.02. The average molecular weight is 506 g/mol. The number of aryl methyl sites for hydroxylation is 1. The van der Waals surface area contributed by atoms with Gasteiger partial charge in [0.1, 0.15) is 30.0 Å². The summed E-state index contributed by atoms with van der Waals surface area (Å²) in [5.41, 5.74) is 5.04. The summed E-state index contributed by atoms with van der Waals surface area (Å²) in [5, 5.41) is 6.77. The Kier molecular flexibility index (Phi) is 10.2. The molecule has 194 valence electrons. The van der Waals surface area contributed by atoms with Gasteiger partial charge in [-0.3, -0.25) is 9.59 Å². The average Bonchev–Trinajstić information content (AvgIpc) is 2.88. The van der Waals surface area contributed by atoms with Crippen molar-refractivity contribution in [2.24, 2.45) is 11.0 Å². The Bertz CT molecular complexity index is 1190. The monoisotopic (exact) mass is 505 g/mol. The van der Waals surface area contributed by atoms with Crippen molar-refractivity contribution in [3.63, 3.8) is 0 Å². The standard InChI is InChI=1S/C29H32FN3O4/c1-20(2)16-26(32-28(34)19-37-27-7-5-4-6-21(27)3)29(35)33-31-17-22-10-14-25(15-11-22)36-18-23-8-12-24(30)13-9-23/h4-15,17,20,26H,16,18-19H2,1-3H3,(H,32,34)(H,33,35)/b31-17-/t26-/m1/s1. The number of amides is 2. The molecule has 0 saturated heterocycles. The number of halogens is 1. The smallest absolute Gasteiger partial charge is 0.262 e. The van der Waals surface area contributed by atoms with Gasteiger partial charge in [0.05, 0.1) is 6.21 Å². The predicted octanol–water partition coefficient (Wildman–Crippen LogP) is 4.77. The molecule has 37 heavy (non-hydrogen) atoms. The van der Waals surface area contributed by atoms with Crippen molar-refractivity contribution in [1.29, 1.82) is 0 Å². The summed E-state index contributed by atoms with van der Waals surface area (Å²) in [6.07, 6.45) is 1.97. The molecule has 0 saturated carbocycles. The zero-order valence-corrected chi connectivity index (χ0v) is 21.2. The molecule has 8 heteroatoms.